The zero-order valence-electron chi connectivity index (χ0n) is 13.8. The van der Waals surface area contributed by atoms with Gasteiger partial charge in [-0.2, -0.15) is 8.42 Å². The molecule has 7 nitrogen and oxygen atoms in total. The van der Waals surface area contributed by atoms with Crippen molar-refractivity contribution in [3.63, 3.8) is 0 Å². The Labute approximate surface area is 143 Å². The minimum atomic E-state index is -3.81. The first-order valence-corrected chi connectivity index (χ1v) is 10.9. The van der Waals surface area contributed by atoms with Crippen LogP contribution in [0.5, 0.6) is 0 Å². The second kappa shape index (κ2) is 7.92. The van der Waals surface area contributed by atoms with Gasteiger partial charge in [-0.1, -0.05) is 17.7 Å². The maximum absolute atomic E-state index is 12.1. The molecule has 0 radical (unpaired) electrons. The first-order chi connectivity index (χ1) is 11.2. The van der Waals surface area contributed by atoms with E-state index in [1.807, 2.05) is 6.92 Å². The molecule has 0 unspecified atom stereocenters. The Hall–Kier alpha value is -1.00. The number of hydrogen-bond acceptors (Lipinski definition) is 6. The molecule has 1 aliphatic heterocycles. The Morgan fingerprint density at radius 3 is 2.38 bits per heavy atom. The van der Waals surface area contributed by atoms with E-state index in [9.17, 15) is 16.8 Å². The number of benzene rings is 1. The highest BCUT2D eigenvalue weighted by Crippen LogP contribution is 2.18. The van der Waals surface area contributed by atoms with Crippen molar-refractivity contribution in [2.45, 2.75) is 43.7 Å². The molecule has 0 aromatic heterocycles. The molecule has 0 aliphatic carbocycles. The summed E-state index contributed by atoms with van der Waals surface area (Å²) in [4.78, 5) is 0.109. The number of aryl methyl sites for hydroxylation is 1. The van der Waals surface area contributed by atoms with Crippen molar-refractivity contribution in [1.82, 2.24) is 4.72 Å². The summed E-state index contributed by atoms with van der Waals surface area (Å²) in [6.45, 7) is 3.57. The Morgan fingerprint density at radius 1 is 1.17 bits per heavy atom. The summed E-state index contributed by atoms with van der Waals surface area (Å²) in [6.07, 6.45) is 0.741. The lowest BCUT2D eigenvalue weighted by atomic mass is 10.1. The first-order valence-electron chi connectivity index (χ1n) is 7.79. The lowest BCUT2D eigenvalue weighted by Crippen LogP contribution is -2.44. The Bertz CT molecular complexity index is 735. The van der Waals surface area contributed by atoms with Crippen molar-refractivity contribution in [1.29, 1.82) is 0 Å². The lowest BCUT2D eigenvalue weighted by Gasteiger charge is -2.29. The van der Waals surface area contributed by atoms with Gasteiger partial charge in [0.05, 0.1) is 30.0 Å². The van der Waals surface area contributed by atoms with Crippen molar-refractivity contribution in [2.75, 3.05) is 19.0 Å². The minimum Gasteiger partial charge on any atom is -0.374 e. The number of rotatable bonds is 7. The number of nitrogens with one attached hydrogen (secondary N) is 1. The van der Waals surface area contributed by atoms with E-state index in [1.165, 1.54) is 12.1 Å². The van der Waals surface area contributed by atoms with Crippen LogP contribution in [0.4, 0.5) is 0 Å². The number of ether oxygens (including phenoxy) is 1. The van der Waals surface area contributed by atoms with Crippen LogP contribution in [-0.2, 0) is 29.1 Å². The standard InChI is InChI=1S/C15H23NO6S2/c1-3-23(17,18)16-13-6-7-14(21-10-13)11-22-24(19,20)15-8-4-12(2)5-9-15/h4-5,8-9,13-14,16H,3,6-7,10-11H2,1-2H3/t13-,14+/m0/s1. The van der Waals surface area contributed by atoms with E-state index < -0.39 is 20.1 Å². The van der Waals surface area contributed by atoms with Crippen LogP contribution < -0.4 is 4.72 Å². The van der Waals surface area contributed by atoms with E-state index in [-0.39, 0.29) is 36.0 Å². The molecule has 1 N–H and O–H groups in total. The van der Waals surface area contributed by atoms with Gasteiger partial charge in [0.15, 0.2) is 0 Å². The molecule has 0 bridgehead atoms. The highest BCUT2D eigenvalue weighted by molar-refractivity contribution is 7.89. The van der Waals surface area contributed by atoms with E-state index >= 15 is 0 Å². The van der Waals surface area contributed by atoms with Crippen molar-refractivity contribution >= 4 is 20.1 Å². The maximum atomic E-state index is 12.1. The van der Waals surface area contributed by atoms with E-state index in [1.54, 1.807) is 19.1 Å². The quantitative estimate of drug-likeness (QED) is 0.717. The molecular formula is C15H23NO6S2. The molecule has 136 valence electrons. The highest BCUT2D eigenvalue weighted by atomic mass is 32.2. The van der Waals surface area contributed by atoms with Crippen LogP contribution in [0, 0.1) is 6.92 Å². The van der Waals surface area contributed by atoms with Gasteiger partial charge in [-0.3, -0.25) is 4.18 Å². The molecule has 1 fully saturated rings. The second-order valence-corrected chi connectivity index (χ2v) is 9.46. The molecule has 9 heteroatoms. The average molecular weight is 377 g/mol. The Balaban J connectivity index is 1.83. The first kappa shape index (κ1) is 19.3. The summed E-state index contributed by atoms with van der Waals surface area (Å²) in [6, 6.07) is 6.14. The van der Waals surface area contributed by atoms with E-state index in [0.717, 1.165) is 5.56 Å². The van der Waals surface area contributed by atoms with E-state index in [4.69, 9.17) is 8.92 Å². The van der Waals surface area contributed by atoms with Gasteiger partial charge in [0.25, 0.3) is 10.1 Å². The smallest absolute Gasteiger partial charge is 0.297 e. The lowest BCUT2D eigenvalue weighted by molar-refractivity contribution is -0.0212. The summed E-state index contributed by atoms with van der Waals surface area (Å²) in [5, 5.41) is 0. The van der Waals surface area contributed by atoms with Gasteiger partial charge in [-0.15, -0.1) is 0 Å². The molecule has 0 amide bonds. The average Bonchev–Trinajstić information content (AvgIpc) is 2.54. The highest BCUT2D eigenvalue weighted by Gasteiger charge is 2.26. The zero-order chi connectivity index (χ0) is 17.8. The molecule has 1 saturated heterocycles. The fraction of sp³-hybridized carbons (Fsp3) is 0.600. The van der Waals surface area contributed by atoms with Crippen LogP contribution in [0.15, 0.2) is 29.2 Å². The molecule has 0 spiro atoms. The van der Waals surface area contributed by atoms with Gasteiger partial charge >= 0.3 is 0 Å². The molecule has 1 aromatic rings. The molecule has 1 aliphatic rings. The fourth-order valence-corrected chi connectivity index (χ4v) is 4.10. The SMILES string of the molecule is CCS(=O)(=O)N[C@H]1CC[C@H](COS(=O)(=O)c2ccc(C)cc2)OC1. The van der Waals surface area contributed by atoms with Crippen molar-refractivity contribution in [3.05, 3.63) is 29.8 Å². The fourth-order valence-electron chi connectivity index (χ4n) is 2.31. The second-order valence-electron chi connectivity index (χ2n) is 5.80. The summed E-state index contributed by atoms with van der Waals surface area (Å²) in [5.41, 5.74) is 0.963. The molecule has 1 aromatic carbocycles. The van der Waals surface area contributed by atoms with Crippen LogP contribution in [0.3, 0.4) is 0 Å². The van der Waals surface area contributed by atoms with Crippen LogP contribution >= 0.6 is 0 Å². The van der Waals surface area contributed by atoms with E-state index in [0.29, 0.717) is 12.8 Å². The largest absolute Gasteiger partial charge is 0.374 e. The minimum absolute atomic E-state index is 0.0187. The summed E-state index contributed by atoms with van der Waals surface area (Å²) in [7, 11) is -7.08. The van der Waals surface area contributed by atoms with Gasteiger partial charge in [-0.05, 0) is 38.8 Å². The molecule has 0 saturated carbocycles. The third-order valence-electron chi connectivity index (χ3n) is 3.82. The monoisotopic (exact) mass is 377 g/mol. The van der Waals surface area contributed by atoms with Gasteiger partial charge < -0.3 is 4.74 Å². The van der Waals surface area contributed by atoms with Crippen molar-refractivity contribution < 1.29 is 25.8 Å². The van der Waals surface area contributed by atoms with Crippen LogP contribution in [-0.4, -0.2) is 47.9 Å². The third-order valence-corrected chi connectivity index (χ3v) is 6.56. The van der Waals surface area contributed by atoms with Crippen molar-refractivity contribution in [2.24, 2.45) is 0 Å². The topological polar surface area (TPSA) is 98.8 Å². The molecule has 24 heavy (non-hydrogen) atoms. The van der Waals surface area contributed by atoms with Gasteiger partial charge in [0.1, 0.15) is 0 Å². The van der Waals surface area contributed by atoms with Crippen LogP contribution in [0.25, 0.3) is 0 Å². The van der Waals surface area contributed by atoms with Gasteiger partial charge in [0, 0.05) is 6.04 Å². The molecular weight excluding hydrogens is 354 g/mol. The van der Waals surface area contributed by atoms with Crippen molar-refractivity contribution in [3.8, 4) is 0 Å². The predicted molar refractivity (Wildman–Crippen MR) is 89.7 cm³/mol. The number of hydrogen-bond donors (Lipinski definition) is 1. The Kier molecular flexibility index (Phi) is 6.38. The third kappa shape index (κ3) is 5.52. The van der Waals surface area contributed by atoms with Crippen LogP contribution in [0.1, 0.15) is 25.3 Å². The Morgan fingerprint density at radius 2 is 1.83 bits per heavy atom. The normalized spacial score (nSPS) is 22.4. The molecule has 2 rings (SSSR count). The zero-order valence-corrected chi connectivity index (χ0v) is 15.4. The van der Waals surface area contributed by atoms with E-state index in [2.05, 4.69) is 4.72 Å². The summed E-state index contributed by atoms with van der Waals surface area (Å²) < 4.78 is 60.4. The van der Waals surface area contributed by atoms with Crippen LogP contribution in [0.2, 0.25) is 0 Å². The predicted octanol–water partition coefficient (Wildman–Crippen LogP) is 1.19. The van der Waals surface area contributed by atoms with Gasteiger partial charge in [-0.25, -0.2) is 13.1 Å². The maximum Gasteiger partial charge on any atom is 0.297 e. The van der Waals surface area contributed by atoms with Gasteiger partial charge in [0.2, 0.25) is 10.0 Å². The molecule has 1 heterocycles. The number of sulfonamides is 1. The molecule has 2 atom stereocenters. The summed E-state index contributed by atoms with van der Waals surface area (Å²) >= 11 is 0. The summed E-state index contributed by atoms with van der Waals surface area (Å²) in [5.74, 6) is 0.0187.